The van der Waals surface area contributed by atoms with Crippen molar-refractivity contribution < 1.29 is 4.74 Å². The Morgan fingerprint density at radius 1 is 1.33 bits per heavy atom. The maximum atomic E-state index is 5.74. The summed E-state index contributed by atoms with van der Waals surface area (Å²) in [5, 5.41) is 0.658. The monoisotopic (exact) mass is 180 g/mol. The number of benzene rings is 1. The molecule has 0 amide bonds. The van der Waals surface area contributed by atoms with Crippen molar-refractivity contribution in [3.63, 3.8) is 0 Å². The molecule has 1 aliphatic heterocycles. The van der Waals surface area contributed by atoms with Crippen LogP contribution in [0.25, 0.3) is 0 Å². The molecule has 2 heteroatoms. The minimum absolute atomic E-state index is 0.428. The van der Waals surface area contributed by atoms with Gasteiger partial charge in [0, 0.05) is 11.0 Å². The lowest BCUT2D eigenvalue weighted by atomic mass is 10.3. The van der Waals surface area contributed by atoms with Gasteiger partial charge < -0.3 is 4.74 Å². The van der Waals surface area contributed by atoms with Crippen LogP contribution in [-0.4, -0.2) is 17.1 Å². The molecule has 1 aliphatic rings. The highest BCUT2D eigenvalue weighted by atomic mass is 32.2. The Kier molecular flexibility index (Phi) is 2.26. The molecule has 0 aromatic heterocycles. The van der Waals surface area contributed by atoms with E-state index >= 15 is 0 Å². The molecule has 0 N–H and O–H groups in total. The van der Waals surface area contributed by atoms with Gasteiger partial charge in [-0.15, -0.1) is 0 Å². The van der Waals surface area contributed by atoms with E-state index in [2.05, 4.69) is 6.92 Å². The Labute approximate surface area is 77.1 Å². The lowest BCUT2D eigenvalue weighted by Crippen LogP contribution is -2.39. The van der Waals surface area contributed by atoms with Crippen LogP contribution in [0.4, 0.5) is 0 Å². The molecule has 1 nitrogen and oxygen atoms in total. The van der Waals surface area contributed by atoms with Crippen molar-refractivity contribution in [3.8, 4) is 5.75 Å². The molecule has 1 saturated heterocycles. The third-order valence-electron chi connectivity index (χ3n) is 2.08. The van der Waals surface area contributed by atoms with Crippen LogP contribution < -0.4 is 4.74 Å². The minimum atomic E-state index is 0.428. The van der Waals surface area contributed by atoms with Crippen molar-refractivity contribution in [1.29, 1.82) is 0 Å². The summed E-state index contributed by atoms with van der Waals surface area (Å²) in [5.41, 5.74) is 0. The summed E-state index contributed by atoms with van der Waals surface area (Å²) >= 11 is 1.96. The SMILES string of the molecule is C[C@@H]1SC[C@@H]1Oc1ccccc1. The first-order valence-electron chi connectivity index (χ1n) is 4.19. The fraction of sp³-hybridized carbons (Fsp3) is 0.400. The second-order valence-electron chi connectivity index (χ2n) is 3.01. The van der Waals surface area contributed by atoms with E-state index in [4.69, 9.17) is 4.74 Å². The van der Waals surface area contributed by atoms with E-state index in [0.29, 0.717) is 11.4 Å². The Morgan fingerprint density at radius 2 is 2.08 bits per heavy atom. The number of para-hydroxylation sites is 1. The van der Waals surface area contributed by atoms with Crippen LogP contribution in [0, 0.1) is 0 Å². The van der Waals surface area contributed by atoms with Crippen molar-refractivity contribution in [2.24, 2.45) is 0 Å². The fourth-order valence-corrected chi connectivity index (χ4v) is 2.03. The third kappa shape index (κ3) is 1.58. The molecule has 0 unspecified atom stereocenters. The summed E-state index contributed by atoms with van der Waals surface area (Å²) in [6, 6.07) is 10.0. The standard InChI is InChI=1S/C10H12OS/c1-8-10(7-12-8)11-9-5-3-2-4-6-9/h2-6,8,10H,7H2,1H3/t8-,10-/m0/s1. The fourth-order valence-electron chi connectivity index (χ4n) is 1.17. The summed E-state index contributed by atoms with van der Waals surface area (Å²) in [4.78, 5) is 0. The van der Waals surface area contributed by atoms with Crippen molar-refractivity contribution in [2.45, 2.75) is 18.3 Å². The maximum absolute atomic E-state index is 5.74. The predicted molar refractivity (Wildman–Crippen MR) is 52.8 cm³/mol. The highest BCUT2D eigenvalue weighted by Gasteiger charge is 2.29. The van der Waals surface area contributed by atoms with Crippen LogP contribution in [-0.2, 0) is 0 Å². The summed E-state index contributed by atoms with van der Waals surface area (Å²) in [6.07, 6.45) is 0.428. The molecule has 1 aromatic carbocycles. The van der Waals surface area contributed by atoms with Crippen molar-refractivity contribution in [2.75, 3.05) is 5.75 Å². The van der Waals surface area contributed by atoms with Crippen LogP contribution in [0.2, 0.25) is 0 Å². The largest absolute Gasteiger partial charge is 0.488 e. The zero-order valence-electron chi connectivity index (χ0n) is 7.07. The molecule has 0 spiro atoms. The molecule has 2 atom stereocenters. The van der Waals surface area contributed by atoms with Crippen LogP contribution in [0.15, 0.2) is 30.3 Å². The minimum Gasteiger partial charge on any atom is -0.488 e. The molecular formula is C10H12OS. The number of ether oxygens (including phenoxy) is 1. The second kappa shape index (κ2) is 3.40. The smallest absolute Gasteiger partial charge is 0.119 e. The van der Waals surface area contributed by atoms with Gasteiger partial charge in [0.2, 0.25) is 0 Å². The van der Waals surface area contributed by atoms with Crippen LogP contribution in [0.5, 0.6) is 5.75 Å². The molecule has 0 radical (unpaired) electrons. The average Bonchev–Trinajstić information content (AvgIpc) is 2.14. The van der Waals surface area contributed by atoms with E-state index in [9.17, 15) is 0 Å². The summed E-state index contributed by atoms with van der Waals surface area (Å²) in [6.45, 7) is 2.21. The highest BCUT2D eigenvalue weighted by molar-refractivity contribution is 8.01. The third-order valence-corrected chi connectivity index (χ3v) is 3.43. The van der Waals surface area contributed by atoms with E-state index in [1.165, 1.54) is 0 Å². The maximum Gasteiger partial charge on any atom is 0.119 e. The van der Waals surface area contributed by atoms with Crippen molar-refractivity contribution >= 4 is 11.8 Å². The number of thioether (sulfide) groups is 1. The summed E-state index contributed by atoms with van der Waals surface area (Å²) in [5.74, 6) is 2.13. The van der Waals surface area contributed by atoms with Crippen molar-refractivity contribution in [1.82, 2.24) is 0 Å². The number of rotatable bonds is 2. The van der Waals surface area contributed by atoms with E-state index in [-0.39, 0.29) is 0 Å². The van der Waals surface area contributed by atoms with Gasteiger partial charge in [0.1, 0.15) is 11.9 Å². The molecule has 2 rings (SSSR count). The first-order valence-corrected chi connectivity index (χ1v) is 5.24. The molecule has 64 valence electrons. The molecule has 1 aromatic rings. The van der Waals surface area contributed by atoms with Gasteiger partial charge in [-0.3, -0.25) is 0 Å². The second-order valence-corrected chi connectivity index (χ2v) is 4.42. The Morgan fingerprint density at radius 3 is 2.58 bits per heavy atom. The molecule has 0 aliphatic carbocycles. The molecule has 1 fully saturated rings. The quantitative estimate of drug-likeness (QED) is 0.691. The Balaban J connectivity index is 1.95. The Bertz CT molecular complexity index is 247. The van der Waals surface area contributed by atoms with Gasteiger partial charge in [-0.05, 0) is 19.1 Å². The Hall–Kier alpha value is -0.630. The van der Waals surface area contributed by atoms with E-state index in [1.807, 2.05) is 42.1 Å². The molecule has 1 heterocycles. The van der Waals surface area contributed by atoms with Gasteiger partial charge in [0.15, 0.2) is 0 Å². The van der Waals surface area contributed by atoms with Gasteiger partial charge in [0.05, 0.1) is 0 Å². The first kappa shape index (κ1) is 7.99. The van der Waals surface area contributed by atoms with Gasteiger partial charge in [0.25, 0.3) is 0 Å². The molecule has 12 heavy (non-hydrogen) atoms. The van der Waals surface area contributed by atoms with Crippen LogP contribution >= 0.6 is 11.8 Å². The first-order chi connectivity index (χ1) is 5.86. The van der Waals surface area contributed by atoms with E-state index < -0.39 is 0 Å². The summed E-state index contributed by atoms with van der Waals surface area (Å²) in [7, 11) is 0. The van der Waals surface area contributed by atoms with Gasteiger partial charge in [-0.1, -0.05) is 18.2 Å². The van der Waals surface area contributed by atoms with Gasteiger partial charge in [-0.2, -0.15) is 11.8 Å². The highest BCUT2D eigenvalue weighted by Crippen LogP contribution is 2.31. The molecular weight excluding hydrogens is 168 g/mol. The van der Waals surface area contributed by atoms with Crippen LogP contribution in [0.1, 0.15) is 6.92 Å². The van der Waals surface area contributed by atoms with Crippen LogP contribution in [0.3, 0.4) is 0 Å². The van der Waals surface area contributed by atoms with Gasteiger partial charge >= 0.3 is 0 Å². The topological polar surface area (TPSA) is 9.23 Å². The normalized spacial score (nSPS) is 27.8. The lowest BCUT2D eigenvalue weighted by Gasteiger charge is -2.33. The predicted octanol–water partition coefficient (Wildman–Crippen LogP) is 2.57. The number of hydrogen-bond acceptors (Lipinski definition) is 2. The summed E-state index contributed by atoms with van der Waals surface area (Å²) < 4.78 is 5.74. The molecule has 0 saturated carbocycles. The van der Waals surface area contributed by atoms with Gasteiger partial charge in [-0.25, -0.2) is 0 Å². The molecule has 0 bridgehead atoms. The zero-order chi connectivity index (χ0) is 8.39. The lowest BCUT2D eigenvalue weighted by molar-refractivity contribution is 0.214. The zero-order valence-corrected chi connectivity index (χ0v) is 7.88. The van der Waals surface area contributed by atoms with E-state index in [0.717, 1.165) is 11.5 Å². The van der Waals surface area contributed by atoms with Crippen molar-refractivity contribution in [3.05, 3.63) is 30.3 Å². The number of hydrogen-bond donors (Lipinski definition) is 0. The van der Waals surface area contributed by atoms with E-state index in [1.54, 1.807) is 0 Å². The average molecular weight is 180 g/mol.